The highest BCUT2D eigenvalue weighted by Gasteiger charge is 2.76. The molecular formula is C14H21F2N. The molecule has 2 bridgehead atoms. The van der Waals surface area contributed by atoms with Gasteiger partial charge in [-0.3, -0.25) is 4.90 Å². The maximum absolute atomic E-state index is 15.5. The first-order valence-corrected chi connectivity index (χ1v) is 6.75. The van der Waals surface area contributed by atoms with E-state index in [0.29, 0.717) is 6.42 Å². The van der Waals surface area contributed by atoms with Crippen molar-refractivity contribution < 1.29 is 8.78 Å². The van der Waals surface area contributed by atoms with Gasteiger partial charge in [-0.15, -0.1) is 0 Å². The van der Waals surface area contributed by atoms with Gasteiger partial charge >= 0.3 is 0 Å². The summed E-state index contributed by atoms with van der Waals surface area (Å²) in [4.78, 5) is 2.01. The van der Waals surface area contributed by atoms with Crippen LogP contribution in [0.15, 0.2) is 12.2 Å². The molecular weight excluding hydrogens is 220 g/mol. The van der Waals surface area contributed by atoms with Gasteiger partial charge in [0.1, 0.15) is 0 Å². The van der Waals surface area contributed by atoms with Gasteiger partial charge in [-0.1, -0.05) is 32.9 Å². The van der Waals surface area contributed by atoms with E-state index in [2.05, 4.69) is 0 Å². The fourth-order valence-electron chi connectivity index (χ4n) is 4.52. The first kappa shape index (κ1) is 11.6. The Hall–Kier alpha value is -0.440. The van der Waals surface area contributed by atoms with E-state index in [1.165, 1.54) is 0 Å². The Morgan fingerprint density at radius 3 is 2.53 bits per heavy atom. The molecule has 3 heteroatoms. The zero-order chi connectivity index (χ0) is 12.4. The molecule has 0 spiro atoms. The third-order valence-electron chi connectivity index (χ3n) is 5.14. The lowest BCUT2D eigenvalue weighted by molar-refractivity contribution is -0.0380. The van der Waals surface area contributed by atoms with Crippen LogP contribution in [0.1, 0.15) is 27.2 Å². The molecule has 5 atom stereocenters. The van der Waals surface area contributed by atoms with E-state index in [9.17, 15) is 0 Å². The lowest BCUT2D eigenvalue weighted by Crippen LogP contribution is -2.55. The summed E-state index contributed by atoms with van der Waals surface area (Å²) < 4.78 is 30.6. The smallest absolute Gasteiger partial charge is 0.168 e. The summed E-state index contributed by atoms with van der Waals surface area (Å²) in [6, 6.07) is -0.266. The van der Waals surface area contributed by atoms with Crippen molar-refractivity contribution in [3.05, 3.63) is 12.2 Å². The van der Waals surface area contributed by atoms with Crippen LogP contribution in [0.25, 0.3) is 0 Å². The molecule has 96 valence electrons. The van der Waals surface area contributed by atoms with E-state index in [0.717, 1.165) is 6.54 Å². The highest BCUT2D eigenvalue weighted by atomic mass is 19.2. The highest BCUT2D eigenvalue weighted by molar-refractivity contribution is 5.34. The molecule has 0 aromatic rings. The number of likely N-dealkylation sites (tertiary alicyclic amines) is 1. The number of rotatable bonds is 2. The molecule has 0 N–H and O–H groups in total. The third kappa shape index (κ3) is 1.12. The van der Waals surface area contributed by atoms with Crippen LogP contribution in [-0.2, 0) is 0 Å². The summed E-state index contributed by atoms with van der Waals surface area (Å²) in [6.45, 7) is 7.03. The molecule has 1 aliphatic heterocycles. The average molecular weight is 241 g/mol. The standard InChI is InChI=1S/C14H21F2N/c1-4-17-8-13(15)10-5-6-11(7-10)14(13,16)12(17)9(2)3/h5-6,9-12H,4,7-8H2,1-3H3. The molecule has 1 saturated heterocycles. The molecule has 0 aromatic heterocycles. The first-order chi connectivity index (χ1) is 7.95. The number of allylic oxidation sites excluding steroid dienone is 2. The average Bonchev–Trinajstić information content (AvgIpc) is 2.86. The lowest BCUT2D eigenvalue weighted by Gasteiger charge is -2.39. The van der Waals surface area contributed by atoms with Crippen molar-refractivity contribution in [2.24, 2.45) is 17.8 Å². The van der Waals surface area contributed by atoms with Gasteiger partial charge in [0.05, 0.1) is 0 Å². The van der Waals surface area contributed by atoms with Crippen LogP contribution < -0.4 is 0 Å². The molecule has 0 aromatic carbocycles. The summed E-state index contributed by atoms with van der Waals surface area (Å²) in [5.41, 5.74) is -3.30. The van der Waals surface area contributed by atoms with Crippen LogP contribution in [0.2, 0.25) is 0 Å². The largest absolute Gasteiger partial charge is 0.294 e. The molecule has 3 aliphatic rings. The minimum atomic E-state index is -1.66. The van der Waals surface area contributed by atoms with Crippen LogP contribution in [-0.4, -0.2) is 35.4 Å². The maximum Gasteiger partial charge on any atom is 0.168 e. The predicted molar refractivity (Wildman–Crippen MR) is 64.3 cm³/mol. The molecule has 5 unspecified atom stereocenters. The van der Waals surface area contributed by atoms with Crippen molar-refractivity contribution in [3.63, 3.8) is 0 Å². The predicted octanol–water partition coefficient (Wildman–Crippen LogP) is 2.97. The number of halogens is 2. The Morgan fingerprint density at radius 1 is 1.29 bits per heavy atom. The minimum absolute atomic E-state index is 0.158. The Morgan fingerprint density at radius 2 is 1.94 bits per heavy atom. The van der Waals surface area contributed by atoms with Crippen molar-refractivity contribution in [2.45, 2.75) is 44.6 Å². The SMILES string of the molecule is CCN1CC2(F)C3C=CC(C3)C2(F)C1C(C)C. The van der Waals surface area contributed by atoms with E-state index in [4.69, 9.17) is 0 Å². The topological polar surface area (TPSA) is 3.24 Å². The summed E-state index contributed by atoms with van der Waals surface area (Å²) in [5.74, 6) is -0.248. The van der Waals surface area contributed by atoms with Crippen LogP contribution in [0.5, 0.6) is 0 Å². The zero-order valence-corrected chi connectivity index (χ0v) is 10.8. The van der Waals surface area contributed by atoms with E-state index in [1.54, 1.807) is 0 Å². The second-order valence-corrected chi connectivity index (χ2v) is 6.22. The van der Waals surface area contributed by atoms with Gasteiger partial charge in [0.25, 0.3) is 0 Å². The van der Waals surface area contributed by atoms with Crippen molar-refractivity contribution in [2.75, 3.05) is 13.1 Å². The van der Waals surface area contributed by atoms with Crippen molar-refractivity contribution in [3.8, 4) is 0 Å². The van der Waals surface area contributed by atoms with Crippen molar-refractivity contribution in [1.82, 2.24) is 4.90 Å². The summed E-state index contributed by atoms with van der Waals surface area (Å²) in [5, 5.41) is 0. The molecule has 2 aliphatic carbocycles. The molecule has 3 rings (SSSR count). The van der Waals surface area contributed by atoms with Gasteiger partial charge in [-0.05, 0) is 18.9 Å². The summed E-state index contributed by atoms with van der Waals surface area (Å²) in [6.07, 6.45) is 4.49. The maximum atomic E-state index is 15.5. The second-order valence-electron chi connectivity index (χ2n) is 6.22. The lowest BCUT2D eigenvalue weighted by atomic mass is 9.73. The molecule has 1 saturated carbocycles. The van der Waals surface area contributed by atoms with Gasteiger partial charge in [0.15, 0.2) is 11.3 Å². The Labute approximate surface area is 102 Å². The van der Waals surface area contributed by atoms with Crippen LogP contribution in [0.3, 0.4) is 0 Å². The molecule has 1 heterocycles. The van der Waals surface area contributed by atoms with Gasteiger partial charge < -0.3 is 0 Å². The summed E-state index contributed by atoms with van der Waals surface area (Å²) >= 11 is 0. The zero-order valence-electron chi connectivity index (χ0n) is 10.8. The quantitative estimate of drug-likeness (QED) is 0.672. The normalized spacial score (nSPS) is 52.7. The molecule has 2 fully saturated rings. The molecule has 1 nitrogen and oxygen atoms in total. The fourth-order valence-corrected chi connectivity index (χ4v) is 4.52. The van der Waals surface area contributed by atoms with Gasteiger partial charge in [-0.2, -0.15) is 0 Å². The molecule has 0 amide bonds. The van der Waals surface area contributed by atoms with E-state index in [1.807, 2.05) is 37.8 Å². The van der Waals surface area contributed by atoms with E-state index < -0.39 is 11.3 Å². The van der Waals surface area contributed by atoms with E-state index in [-0.39, 0.29) is 30.3 Å². The monoisotopic (exact) mass is 241 g/mol. The molecule has 17 heavy (non-hydrogen) atoms. The van der Waals surface area contributed by atoms with Crippen molar-refractivity contribution >= 4 is 0 Å². The van der Waals surface area contributed by atoms with Crippen LogP contribution in [0.4, 0.5) is 8.78 Å². The Kier molecular flexibility index (Phi) is 2.27. The minimum Gasteiger partial charge on any atom is -0.294 e. The van der Waals surface area contributed by atoms with Gasteiger partial charge in [-0.25, -0.2) is 8.78 Å². The van der Waals surface area contributed by atoms with Gasteiger partial charge in [0.2, 0.25) is 0 Å². The summed E-state index contributed by atoms with van der Waals surface area (Å²) in [7, 11) is 0. The Bertz CT molecular complexity index is 367. The van der Waals surface area contributed by atoms with E-state index >= 15 is 8.78 Å². The van der Waals surface area contributed by atoms with Crippen LogP contribution in [0, 0.1) is 17.8 Å². The van der Waals surface area contributed by atoms with Crippen molar-refractivity contribution in [1.29, 1.82) is 0 Å². The van der Waals surface area contributed by atoms with Gasteiger partial charge in [0, 0.05) is 24.4 Å². The molecule has 0 radical (unpaired) electrons. The number of hydrogen-bond acceptors (Lipinski definition) is 1. The number of nitrogens with zero attached hydrogens (tertiary/aromatic N) is 1. The second kappa shape index (κ2) is 3.31. The fraction of sp³-hybridized carbons (Fsp3) is 0.857. The number of hydrogen-bond donors (Lipinski definition) is 0. The first-order valence-electron chi connectivity index (χ1n) is 6.75. The number of alkyl halides is 2. The highest BCUT2D eigenvalue weighted by Crippen LogP contribution is 2.63. The number of fused-ring (bicyclic) bond motifs is 5. The third-order valence-corrected chi connectivity index (χ3v) is 5.14. The van der Waals surface area contributed by atoms with Crippen LogP contribution >= 0.6 is 0 Å². The Balaban J connectivity index is 2.08.